The minimum Gasteiger partial charge on any atom is -0.308 e. The Bertz CT molecular complexity index is 6290. The van der Waals surface area contributed by atoms with E-state index in [9.17, 15) is 0 Å². The Balaban J connectivity index is 0.000000115. The van der Waals surface area contributed by atoms with Crippen molar-refractivity contribution in [2.75, 3.05) is 0 Å². The lowest BCUT2D eigenvalue weighted by atomic mass is 9.99. The third kappa shape index (κ3) is 14.1. The molecular weight excluding hydrogens is 1590 g/mol. The molecule has 0 radical (unpaired) electrons. The molecule has 0 saturated heterocycles. The molecule has 21 rings (SSSR count). The molecule has 0 atom stereocenters. The van der Waals surface area contributed by atoms with Crippen molar-refractivity contribution in [1.29, 1.82) is 0 Å². The van der Waals surface area contributed by atoms with E-state index in [4.69, 9.17) is 39.9 Å². The first kappa shape index (κ1) is 70.6. The number of benzene rings is 12. The Morgan fingerprint density at radius 2 is 0.465 bits per heavy atom. The summed E-state index contributed by atoms with van der Waals surface area (Å²) in [7, 11) is 0. The molecule has 0 N–H and O–H groups in total. The predicted molar refractivity (Wildman–Crippen MR) is 477 cm³/mol. The van der Waals surface area contributed by atoms with Gasteiger partial charge >= 0.3 is 0 Å². The molecule has 114 heavy (non-hydrogen) atoms. The van der Waals surface area contributed by atoms with Crippen molar-refractivity contribution in [1.82, 2.24) is 53.6 Å². The average Bonchev–Trinajstić information content (AvgIpc) is 1.53. The largest absolute Gasteiger partial charge is 0.308 e. The molecule has 0 bridgehead atoms. The van der Waals surface area contributed by atoms with Crippen LogP contribution >= 0.6 is 47.8 Å². The van der Waals surface area contributed by atoms with Gasteiger partial charge in [-0.25, -0.2) is 24.9 Å². The fraction of sp³-hybridized carbons (Fsp3) is 0. The van der Waals surface area contributed by atoms with Gasteiger partial charge in [-0.2, -0.15) is 0 Å². The lowest BCUT2D eigenvalue weighted by molar-refractivity contribution is 1.15. The third-order valence-corrected chi connectivity index (χ3v) is 21.8. The summed E-state index contributed by atoms with van der Waals surface area (Å²) in [6.07, 6.45) is 5.55. The van der Waals surface area contributed by atoms with Crippen molar-refractivity contribution in [3.05, 3.63) is 402 Å². The molecule has 12 aromatic carbocycles. The van der Waals surface area contributed by atoms with Crippen LogP contribution in [-0.4, -0.2) is 53.6 Å². The lowest BCUT2D eigenvalue weighted by Gasteiger charge is -2.13. The van der Waals surface area contributed by atoms with E-state index < -0.39 is 0 Å². The van der Waals surface area contributed by atoms with Crippen LogP contribution in [-0.2, 0) is 0 Å². The minimum atomic E-state index is 0.687. The molecule has 11 nitrogen and oxygen atoms in total. The zero-order valence-electron chi connectivity index (χ0n) is 61.0. The standard InChI is InChI=1S/C34H22BrN3.2C33H21BrN4/c35-27-16-17-29-33(22-27)38(32-15-8-18-36-34(29)32)28-14-7-13-25(19-28)26-20-30(23-9-3-1-4-10-23)37-31(21-26)24-11-5-2-6-12-24;34-25-16-17-27-31(20-25)38(30-15-8-18-35-32(27)30)26-14-7-13-24(19-26)29-21-28(22-9-3-1-4-10-22)36-33(37-29)23-11-5-2-6-12-23;34-25-16-17-27-31(20-25)38(30-15-8-18-35-32(27)30)26-14-7-13-24(19-26)33-36-28(22-9-3-1-4-10-22)21-29(37-33)23-11-5-2-6-12-23/h1-22H;2*1-21H. The zero-order valence-corrected chi connectivity index (χ0v) is 65.8. The highest BCUT2D eigenvalue weighted by molar-refractivity contribution is 9.11. The Morgan fingerprint density at radius 1 is 0.184 bits per heavy atom. The van der Waals surface area contributed by atoms with Gasteiger partial charge in [0.1, 0.15) is 0 Å². The molecule has 0 spiro atoms. The lowest BCUT2D eigenvalue weighted by Crippen LogP contribution is -1.98. The van der Waals surface area contributed by atoms with Gasteiger partial charge in [0.15, 0.2) is 11.6 Å². The van der Waals surface area contributed by atoms with E-state index in [1.807, 2.05) is 134 Å². The maximum Gasteiger partial charge on any atom is 0.160 e. The van der Waals surface area contributed by atoms with E-state index in [0.29, 0.717) is 11.6 Å². The van der Waals surface area contributed by atoms with E-state index >= 15 is 0 Å². The molecule has 0 aliphatic rings. The molecule has 0 saturated carbocycles. The molecule has 9 heterocycles. The van der Waals surface area contributed by atoms with Gasteiger partial charge in [0.25, 0.3) is 0 Å². The highest BCUT2D eigenvalue weighted by Gasteiger charge is 2.21. The fourth-order valence-electron chi connectivity index (χ4n) is 15.0. The monoisotopic (exact) mass is 1660 g/mol. The molecule has 14 heteroatoms. The quantitative estimate of drug-likeness (QED) is 0.119. The number of rotatable bonds is 12. The van der Waals surface area contributed by atoms with Gasteiger partial charge in [0.2, 0.25) is 0 Å². The van der Waals surface area contributed by atoms with Crippen LogP contribution < -0.4 is 0 Å². The Hall–Kier alpha value is -13.8. The van der Waals surface area contributed by atoms with E-state index in [2.05, 4.69) is 316 Å². The van der Waals surface area contributed by atoms with E-state index in [1.54, 1.807) is 0 Å². The normalized spacial score (nSPS) is 11.3. The Labute approximate surface area is 682 Å². The van der Waals surface area contributed by atoms with Crippen molar-refractivity contribution >= 4 is 114 Å². The van der Waals surface area contributed by atoms with Gasteiger partial charge < -0.3 is 13.7 Å². The number of fused-ring (bicyclic) bond motifs is 9. The van der Waals surface area contributed by atoms with Gasteiger partial charge in [0, 0.05) is 110 Å². The zero-order chi connectivity index (χ0) is 76.4. The van der Waals surface area contributed by atoms with Gasteiger partial charge in [-0.05, 0) is 163 Å². The fourth-order valence-corrected chi connectivity index (χ4v) is 16.1. The van der Waals surface area contributed by atoms with Gasteiger partial charge in [0.05, 0.1) is 83.8 Å². The van der Waals surface area contributed by atoms with Gasteiger partial charge in [-0.15, -0.1) is 0 Å². The molecule has 0 amide bonds. The number of nitrogens with zero attached hydrogens (tertiary/aromatic N) is 11. The molecule has 0 aliphatic heterocycles. The van der Waals surface area contributed by atoms with Crippen LogP contribution in [0, 0.1) is 0 Å². The number of halogens is 3. The Kier molecular flexibility index (Phi) is 19.3. The molecule has 0 aliphatic carbocycles. The highest BCUT2D eigenvalue weighted by Crippen LogP contribution is 2.40. The van der Waals surface area contributed by atoms with Crippen molar-refractivity contribution in [3.8, 4) is 119 Å². The molecule has 9 aromatic heterocycles. The summed E-state index contributed by atoms with van der Waals surface area (Å²) < 4.78 is 9.91. The second kappa shape index (κ2) is 31.2. The Morgan fingerprint density at radius 3 is 0.825 bits per heavy atom. The van der Waals surface area contributed by atoms with Crippen LogP contribution in [0.15, 0.2) is 402 Å². The summed E-state index contributed by atoms with van der Waals surface area (Å²) in [6, 6.07) is 127. The summed E-state index contributed by atoms with van der Waals surface area (Å²) in [5.41, 5.74) is 28.7. The molecule has 0 fully saturated rings. The molecule has 21 aromatic rings. The van der Waals surface area contributed by atoms with Crippen LogP contribution in [0.1, 0.15) is 0 Å². The first-order chi connectivity index (χ1) is 56.2. The maximum absolute atomic E-state index is 5.04. The second-order valence-electron chi connectivity index (χ2n) is 27.5. The molecule has 540 valence electrons. The number of hydrogen-bond acceptors (Lipinski definition) is 8. The highest BCUT2D eigenvalue weighted by atomic mass is 79.9. The number of aromatic nitrogens is 11. The smallest absolute Gasteiger partial charge is 0.160 e. The topological polar surface area (TPSA) is 118 Å². The first-order valence-electron chi connectivity index (χ1n) is 37.3. The number of pyridine rings is 4. The van der Waals surface area contributed by atoms with Crippen LogP contribution in [0.3, 0.4) is 0 Å². The maximum atomic E-state index is 5.04. The van der Waals surface area contributed by atoms with Crippen LogP contribution in [0.2, 0.25) is 0 Å². The summed E-state index contributed by atoms with van der Waals surface area (Å²) in [5.74, 6) is 1.39. The number of hydrogen-bond donors (Lipinski definition) is 0. The van der Waals surface area contributed by atoms with E-state index in [-0.39, 0.29) is 0 Å². The minimum absolute atomic E-state index is 0.687. The summed E-state index contributed by atoms with van der Waals surface area (Å²) in [4.78, 5) is 39.1. The van der Waals surface area contributed by atoms with Crippen molar-refractivity contribution < 1.29 is 0 Å². The van der Waals surface area contributed by atoms with Crippen molar-refractivity contribution in [2.24, 2.45) is 0 Å². The van der Waals surface area contributed by atoms with Crippen LogP contribution in [0.5, 0.6) is 0 Å². The molecular formula is C100H64Br3N11. The average molecular weight is 1660 g/mol. The van der Waals surface area contributed by atoms with Crippen molar-refractivity contribution in [3.63, 3.8) is 0 Å². The first-order valence-corrected chi connectivity index (χ1v) is 39.7. The summed E-state index contributed by atoms with van der Waals surface area (Å²) >= 11 is 11.0. The third-order valence-electron chi connectivity index (χ3n) is 20.3. The van der Waals surface area contributed by atoms with Crippen LogP contribution in [0.4, 0.5) is 0 Å². The van der Waals surface area contributed by atoms with Crippen LogP contribution in [0.25, 0.3) is 184 Å². The van der Waals surface area contributed by atoms with E-state index in [1.165, 1.54) is 0 Å². The van der Waals surface area contributed by atoms with Gasteiger partial charge in [-0.3, -0.25) is 15.0 Å². The molecule has 0 unspecified atom stereocenters. The van der Waals surface area contributed by atoms with E-state index in [0.717, 1.165) is 186 Å². The predicted octanol–water partition coefficient (Wildman–Crippen LogP) is 26.8. The second-order valence-corrected chi connectivity index (χ2v) is 30.2. The summed E-state index contributed by atoms with van der Waals surface area (Å²) in [5, 5.41) is 3.37. The van der Waals surface area contributed by atoms with Gasteiger partial charge in [-0.1, -0.05) is 266 Å². The van der Waals surface area contributed by atoms with Crippen molar-refractivity contribution in [2.45, 2.75) is 0 Å². The SMILES string of the molecule is Brc1ccc2c3ncccc3n(-c3cccc(-c4cc(-c5ccccc5)nc(-c5ccccc5)c4)c3)c2c1.Brc1ccc2c3ncccc3n(-c3cccc(-c4cc(-c5ccccc5)nc(-c5ccccc5)n4)c3)c2c1.Brc1ccc2c3ncccc3n(-c3cccc(-c4nc(-c5ccccc5)cc(-c5ccccc5)n4)c3)c2c1. The summed E-state index contributed by atoms with van der Waals surface area (Å²) in [6.45, 7) is 0.